The molecule has 2 heterocycles. The maximum Gasteiger partial charge on any atom is 0.264 e. The summed E-state index contributed by atoms with van der Waals surface area (Å²) in [6, 6.07) is 7.58. The van der Waals surface area contributed by atoms with E-state index in [2.05, 4.69) is 25.5 Å². The van der Waals surface area contributed by atoms with Gasteiger partial charge in [0.2, 0.25) is 0 Å². The number of carbonyl (C=O) groups excluding carboxylic acids is 1. The highest BCUT2D eigenvalue weighted by Gasteiger charge is 2.14. The Bertz CT molecular complexity index is 977. The Labute approximate surface area is 155 Å². The minimum atomic E-state index is -0.527. The molecule has 3 rings (SSSR count). The van der Waals surface area contributed by atoms with E-state index in [4.69, 9.17) is 4.74 Å². The number of nitrogens with zero attached hydrogens (tertiary/aromatic N) is 4. The number of aromatic amines is 1. The van der Waals surface area contributed by atoms with E-state index in [0.717, 1.165) is 11.1 Å². The van der Waals surface area contributed by atoms with E-state index in [1.54, 1.807) is 18.0 Å². The molecule has 27 heavy (non-hydrogen) atoms. The van der Waals surface area contributed by atoms with Crippen LogP contribution < -0.4 is 10.9 Å². The molecule has 2 aromatic heterocycles. The third-order valence-corrected chi connectivity index (χ3v) is 4.01. The zero-order chi connectivity index (χ0) is 19.2. The third kappa shape index (κ3) is 4.45. The first-order valence-electron chi connectivity index (χ1n) is 8.38. The molecule has 1 amide bonds. The lowest BCUT2D eigenvalue weighted by molar-refractivity contribution is 0.0947. The van der Waals surface area contributed by atoms with Crippen molar-refractivity contribution in [1.82, 2.24) is 30.0 Å². The molecule has 3 aromatic rings. The third-order valence-electron chi connectivity index (χ3n) is 4.01. The van der Waals surface area contributed by atoms with Gasteiger partial charge in [0.05, 0.1) is 13.2 Å². The van der Waals surface area contributed by atoms with E-state index < -0.39 is 11.5 Å². The van der Waals surface area contributed by atoms with Crippen molar-refractivity contribution in [3.05, 3.63) is 64.1 Å². The van der Waals surface area contributed by atoms with Crippen LogP contribution >= 0.6 is 0 Å². The lowest BCUT2D eigenvalue weighted by atomic mass is 10.1. The van der Waals surface area contributed by atoms with Crippen LogP contribution in [0.15, 0.2) is 41.6 Å². The number of aryl methyl sites for hydroxylation is 1. The second kappa shape index (κ2) is 8.37. The van der Waals surface area contributed by atoms with E-state index in [1.807, 2.05) is 31.2 Å². The first-order chi connectivity index (χ1) is 13.1. The molecule has 0 saturated heterocycles. The zero-order valence-electron chi connectivity index (χ0n) is 15.1. The van der Waals surface area contributed by atoms with Crippen molar-refractivity contribution in [3.8, 4) is 11.4 Å². The maximum absolute atomic E-state index is 12.3. The highest BCUT2D eigenvalue weighted by molar-refractivity contribution is 5.93. The van der Waals surface area contributed by atoms with E-state index in [1.165, 1.54) is 6.20 Å². The summed E-state index contributed by atoms with van der Waals surface area (Å²) in [5.74, 6) is 0.456. The summed E-state index contributed by atoms with van der Waals surface area (Å²) in [5.41, 5.74) is 1.32. The number of benzene rings is 1. The SMILES string of the molecule is COCCn1cnnc1CNC(=O)c1cnc(-c2ccc(C)cc2)[nH]c1=O. The highest BCUT2D eigenvalue weighted by atomic mass is 16.5. The molecular weight excluding hydrogens is 348 g/mol. The largest absolute Gasteiger partial charge is 0.383 e. The van der Waals surface area contributed by atoms with Gasteiger partial charge >= 0.3 is 0 Å². The number of methoxy groups -OCH3 is 1. The topological polar surface area (TPSA) is 115 Å². The monoisotopic (exact) mass is 368 g/mol. The van der Waals surface area contributed by atoms with Crippen LogP contribution in [0.25, 0.3) is 11.4 Å². The molecule has 0 aliphatic heterocycles. The molecule has 9 heteroatoms. The van der Waals surface area contributed by atoms with Gasteiger partial charge in [0.1, 0.15) is 17.7 Å². The van der Waals surface area contributed by atoms with E-state index in [0.29, 0.717) is 24.8 Å². The van der Waals surface area contributed by atoms with Gasteiger partial charge in [-0.1, -0.05) is 29.8 Å². The van der Waals surface area contributed by atoms with Crippen LogP contribution in [0.5, 0.6) is 0 Å². The molecule has 2 N–H and O–H groups in total. The van der Waals surface area contributed by atoms with Gasteiger partial charge in [0.15, 0.2) is 5.82 Å². The maximum atomic E-state index is 12.3. The smallest absolute Gasteiger partial charge is 0.264 e. The van der Waals surface area contributed by atoms with Crippen LogP contribution in [-0.4, -0.2) is 44.4 Å². The molecule has 0 unspecified atom stereocenters. The first kappa shape index (κ1) is 18.5. The fraction of sp³-hybridized carbons (Fsp3) is 0.278. The molecule has 0 bridgehead atoms. The molecule has 140 valence electrons. The number of hydrogen-bond acceptors (Lipinski definition) is 6. The molecule has 0 spiro atoms. The summed E-state index contributed by atoms with van der Waals surface area (Å²) in [5, 5.41) is 10.4. The Morgan fingerprint density at radius 3 is 2.78 bits per heavy atom. The number of H-pyrrole nitrogens is 1. The van der Waals surface area contributed by atoms with Gasteiger partial charge < -0.3 is 19.6 Å². The number of amides is 1. The normalized spacial score (nSPS) is 10.7. The highest BCUT2D eigenvalue weighted by Crippen LogP contribution is 2.13. The van der Waals surface area contributed by atoms with Crippen molar-refractivity contribution in [2.24, 2.45) is 0 Å². The van der Waals surface area contributed by atoms with Gasteiger partial charge in [-0.15, -0.1) is 10.2 Å². The molecule has 1 aromatic carbocycles. The van der Waals surface area contributed by atoms with Gasteiger partial charge in [-0.05, 0) is 6.92 Å². The lowest BCUT2D eigenvalue weighted by Crippen LogP contribution is -2.30. The van der Waals surface area contributed by atoms with Crippen LogP contribution in [0.1, 0.15) is 21.7 Å². The van der Waals surface area contributed by atoms with Gasteiger partial charge in [0.25, 0.3) is 11.5 Å². The Morgan fingerprint density at radius 1 is 1.30 bits per heavy atom. The molecule has 0 fully saturated rings. The predicted octanol–water partition coefficient (Wildman–Crippen LogP) is 0.913. The van der Waals surface area contributed by atoms with Gasteiger partial charge in [0, 0.05) is 25.4 Å². The number of aromatic nitrogens is 5. The standard InChI is InChI=1S/C18H20N6O3/c1-12-3-5-13(6-4-12)16-19-9-14(18(26)22-16)17(25)20-10-15-23-21-11-24(15)7-8-27-2/h3-6,9,11H,7-8,10H2,1-2H3,(H,20,25)(H,19,22,26). The van der Waals surface area contributed by atoms with Crippen molar-refractivity contribution in [2.75, 3.05) is 13.7 Å². The number of carbonyl (C=O) groups is 1. The van der Waals surface area contributed by atoms with Crippen molar-refractivity contribution in [1.29, 1.82) is 0 Å². The molecule has 9 nitrogen and oxygen atoms in total. The van der Waals surface area contributed by atoms with Crippen molar-refractivity contribution >= 4 is 5.91 Å². The predicted molar refractivity (Wildman–Crippen MR) is 98.1 cm³/mol. The first-order valence-corrected chi connectivity index (χ1v) is 8.38. The minimum Gasteiger partial charge on any atom is -0.383 e. The van der Waals surface area contributed by atoms with Crippen LogP contribution in [0.3, 0.4) is 0 Å². The van der Waals surface area contributed by atoms with Crippen molar-refractivity contribution in [2.45, 2.75) is 20.0 Å². The average Bonchev–Trinajstić information content (AvgIpc) is 3.12. The number of rotatable bonds is 7. The van der Waals surface area contributed by atoms with Crippen LogP contribution in [0, 0.1) is 6.92 Å². The zero-order valence-corrected chi connectivity index (χ0v) is 15.1. The summed E-state index contributed by atoms with van der Waals surface area (Å²) in [6.45, 7) is 3.19. The molecule has 0 radical (unpaired) electrons. The van der Waals surface area contributed by atoms with Gasteiger partial charge in [-0.25, -0.2) is 4.98 Å². The quantitative estimate of drug-likeness (QED) is 0.641. The Balaban J connectivity index is 1.69. The average molecular weight is 368 g/mol. The molecule has 0 aliphatic carbocycles. The minimum absolute atomic E-state index is 0.0613. The Morgan fingerprint density at radius 2 is 2.07 bits per heavy atom. The summed E-state index contributed by atoms with van der Waals surface area (Å²) in [4.78, 5) is 31.5. The molecule has 0 aliphatic rings. The summed E-state index contributed by atoms with van der Waals surface area (Å²) in [6.07, 6.45) is 2.84. The van der Waals surface area contributed by atoms with Gasteiger partial charge in [-0.2, -0.15) is 0 Å². The number of nitrogens with one attached hydrogen (secondary N) is 2. The summed E-state index contributed by atoms with van der Waals surface area (Å²) < 4.78 is 6.79. The number of ether oxygens (including phenoxy) is 1. The fourth-order valence-electron chi connectivity index (χ4n) is 2.46. The van der Waals surface area contributed by atoms with Crippen LogP contribution in [-0.2, 0) is 17.8 Å². The van der Waals surface area contributed by atoms with E-state index in [-0.39, 0.29) is 12.1 Å². The lowest BCUT2D eigenvalue weighted by Gasteiger charge is -2.07. The second-order valence-electron chi connectivity index (χ2n) is 5.96. The number of hydrogen-bond donors (Lipinski definition) is 2. The van der Waals surface area contributed by atoms with E-state index in [9.17, 15) is 9.59 Å². The van der Waals surface area contributed by atoms with Gasteiger partial charge in [-0.3, -0.25) is 9.59 Å². The molecular formula is C18H20N6O3. The van der Waals surface area contributed by atoms with Crippen LogP contribution in [0.2, 0.25) is 0 Å². The van der Waals surface area contributed by atoms with Crippen molar-refractivity contribution in [3.63, 3.8) is 0 Å². The van der Waals surface area contributed by atoms with Crippen molar-refractivity contribution < 1.29 is 9.53 Å². The second-order valence-corrected chi connectivity index (χ2v) is 5.96. The molecule has 0 saturated carbocycles. The summed E-state index contributed by atoms with van der Waals surface area (Å²) >= 11 is 0. The fourth-order valence-corrected chi connectivity index (χ4v) is 2.46. The van der Waals surface area contributed by atoms with Crippen LogP contribution in [0.4, 0.5) is 0 Å². The Hall–Kier alpha value is -3.33. The van der Waals surface area contributed by atoms with E-state index >= 15 is 0 Å². The summed E-state index contributed by atoms with van der Waals surface area (Å²) in [7, 11) is 1.60. The molecule has 0 atom stereocenters. The Kier molecular flexibility index (Phi) is 5.72.